The van der Waals surface area contributed by atoms with Crippen LogP contribution >= 0.6 is 27.3 Å². The molecule has 0 radical (unpaired) electrons. The molecule has 0 aliphatic carbocycles. The van der Waals surface area contributed by atoms with Crippen molar-refractivity contribution >= 4 is 38.5 Å². The molecule has 0 aliphatic heterocycles. The second kappa shape index (κ2) is 7.39. The van der Waals surface area contributed by atoms with Gasteiger partial charge in [-0.1, -0.05) is 46.3 Å². The number of thiazole rings is 1. The lowest BCUT2D eigenvalue weighted by Gasteiger charge is -2.03. The maximum Gasteiger partial charge on any atom is 0.147 e. The fourth-order valence-corrected chi connectivity index (χ4v) is 3.17. The van der Waals surface area contributed by atoms with Crippen molar-refractivity contribution < 1.29 is 4.39 Å². The first-order valence-electron chi connectivity index (χ1n) is 7.00. The summed E-state index contributed by atoms with van der Waals surface area (Å²) in [5.74, 6) is -0.401. The van der Waals surface area contributed by atoms with Crippen LogP contribution in [0.5, 0.6) is 0 Å². The van der Waals surface area contributed by atoms with Crippen LogP contribution in [0.15, 0.2) is 64.6 Å². The Kier molecular flexibility index (Phi) is 5.04. The number of benzene rings is 2. The van der Waals surface area contributed by atoms with Crippen LogP contribution in [-0.4, -0.2) is 4.98 Å². The van der Waals surface area contributed by atoms with Gasteiger partial charge in [-0.15, -0.1) is 11.3 Å². The van der Waals surface area contributed by atoms with Crippen molar-refractivity contribution in [1.82, 2.24) is 4.98 Å². The van der Waals surface area contributed by atoms with E-state index >= 15 is 0 Å². The third kappa shape index (κ3) is 3.70. The van der Waals surface area contributed by atoms with E-state index in [0.29, 0.717) is 20.7 Å². The second-order valence-corrected chi connectivity index (χ2v) is 6.62. The van der Waals surface area contributed by atoms with Crippen molar-refractivity contribution in [2.45, 2.75) is 0 Å². The highest BCUT2D eigenvalue weighted by Crippen LogP contribution is 2.26. The second-order valence-electron chi connectivity index (χ2n) is 4.84. The maximum atomic E-state index is 13.8. The zero-order valence-electron chi connectivity index (χ0n) is 12.3. The predicted octanol–water partition coefficient (Wildman–Crippen LogP) is 5.69. The van der Waals surface area contributed by atoms with Gasteiger partial charge in [-0.2, -0.15) is 5.26 Å². The molecule has 0 saturated heterocycles. The number of nitriles is 1. The summed E-state index contributed by atoms with van der Waals surface area (Å²) in [4.78, 5) is 4.49. The van der Waals surface area contributed by atoms with Crippen LogP contribution in [0.2, 0.25) is 0 Å². The maximum absolute atomic E-state index is 13.8. The molecule has 2 aromatic carbocycles. The number of nitrogens with zero attached hydrogens (tertiary/aromatic N) is 2. The van der Waals surface area contributed by atoms with E-state index in [2.05, 4.69) is 32.3 Å². The van der Waals surface area contributed by atoms with Gasteiger partial charge in [-0.25, -0.2) is 9.37 Å². The molecular formula is C18H11BrFN3S. The minimum absolute atomic E-state index is 0.297. The average Bonchev–Trinajstić information content (AvgIpc) is 3.08. The van der Waals surface area contributed by atoms with Crippen molar-refractivity contribution in [2.75, 3.05) is 5.32 Å². The summed E-state index contributed by atoms with van der Waals surface area (Å²) in [6.45, 7) is 0. The molecule has 118 valence electrons. The fraction of sp³-hybridized carbons (Fsp3) is 0. The molecule has 0 bridgehead atoms. The van der Waals surface area contributed by atoms with Crippen LogP contribution in [0.1, 0.15) is 5.01 Å². The Hall–Kier alpha value is -2.49. The number of hydrogen-bond acceptors (Lipinski definition) is 4. The number of anilines is 1. The van der Waals surface area contributed by atoms with Crippen molar-refractivity contribution in [1.29, 1.82) is 5.26 Å². The molecule has 1 aromatic heterocycles. The lowest BCUT2D eigenvalue weighted by molar-refractivity contribution is 0.631. The Labute approximate surface area is 151 Å². The average molecular weight is 400 g/mol. The van der Waals surface area contributed by atoms with Crippen LogP contribution in [0.3, 0.4) is 0 Å². The van der Waals surface area contributed by atoms with Gasteiger partial charge < -0.3 is 5.32 Å². The van der Waals surface area contributed by atoms with E-state index in [1.807, 2.05) is 35.7 Å². The molecule has 3 aromatic rings. The van der Waals surface area contributed by atoms with E-state index in [4.69, 9.17) is 0 Å². The molecule has 1 heterocycles. The fourth-order valence-electron chi connectivity index (χ4n) is 2.04. The lowest BCUT2D eigenvalue weighted by Crippen LogP contribution is -1.94. The predicted molar refractivity (Wildman–Crippen MR) is 98.9 cm³/mol. The Morgan fingerprint density at radius 2 is 2.04 bits per heavy atom. The Morgan fingerprint density at radius 3 is 2.75 bits per heavy atom. The van der Waals surface area contributed by atoms with Gasteiger partial charge in [0.1, 0.15) is 22.5 Å². The minimum atomic E-state index is -0.401. The third-order valence-corrected chi connectivity index (χ3v) is 4.60. The molecule has 0 fully saturated rings. The van der Waals surface area contributed by atoms with Gasteiger partial charge in [-0.05, 0) is 18.2 Å². The Bertz CT molecular complexity index is 929. The largest absolute Gasteiger partial charge is 0.358 e. The molecule has 0 saturated carbocycles. The van der Waals surface area contributed by atoms with E-state index in [9.17, 15) is 9.65 Å². The monoisotopic (exact) mass is 399 g/mol. The molecule has 3 rings (SSSR count). The smallest absolute Gasteiger partial charge is 0.147 e. The number of aromatic nitrogens is 1. The molecule has 1 N–H and O–H groups in total. The van der Waals surface area contributed by atoms with Crippen LogP contribution < -0.4 is 5.32 Å². The van der Waals surface area contributed by atoms with Crippen molar-refractivity contribution in [3.63, 3.8) is 0 Å². The summed E-state index contributed by atoms with van der Waals surface area (Å²) >= 11 is 4.58. The normalized spacial score (nSPS) is 11.1. The molecule has 0 aliphatic rings. The SMILES string of the molecule is N#C/C(=C\Nc1ccc(Br)cc1F)c1nc(-c2ccccc2)cs1. The molecule has 0 amide bonds. The first-order chi connectivity index (χ1) is 11.7. The van der Waals surface area contributed by atoms with Crippen molar-refractivity contribution in [3.8, 4) is 17.3 Å². The Morgan fingerprint density at radius 1 is 1.25 bits per heavy atom. The van der Waals surface area contributed by atoms with Gasteiger partial charge >= 0.3 is 0 Å². The van der Waals surface area contributed by atoms with Gasteiger partial charge in [0.25, 0.3) is 0 Å². The zero-order chi connectivity index (χ0) is 16.9. The van der Waals surface area contributed by atoms with E-state index in [-0.39, 0.29) is 0 Å². The summed E-state index contributed by atoms with van der Waals surface area (Å²) < 4.78 is 14.5. The number of halogens is 2. The molecule has 6 heteroatoms. The van der Waals surface area contributed by atoms with Crippen LogP contribution in [0.25, 0.3) is 16.8 Å². The van der Waals surface area contributed by atoms with E-state index in [1.54, 1.807) is 12.1 Å². The molecular weight excluding hydrogens is 389 g/mol. The summed E-state index contributed by atoms with van der Waals surface area (Å²) in [7, 11) is 0. The summed E-state index contributed by atoms with van der Waals surface area (Å²) in [6.07, 6.45) is 1.47. The molecule has 0 spiro atoms. The van der Waals surface area contributed by atoms with Crippen LogP contribution in [0.4, 0.5) is 10.1 Å². The molecule has 24 heavy (non-hydrogen) atoms. The minimum Gasteiger partial charge on any atom is -0.358 e. The summed E-state index contributed by atoms with van der Waals surface area (Å²) in [5, 5.41) is 14.7. The quantitative estimate of drug-likeness (QED) is 0.573. The zero-order valence-corrected chi connectivity index (χ0v) is 14.7. The van der Waals surface area contributed by atoms with Gasteiger partial charge in [0.05, 0.1) is 11.4 Å². The van der Waals surface area contributed by atoms with Crippen LogP contribution in [0, 0.1) is 17.1 Å². The van der Waals surface area contributed by atoms with E-state index < -0.39 is 5.82 Å². The third-order valence-electron chi connectivity index (χ3n) is 3.23. The first kappa shape index (κ1) is 16.4. The number of nitrogens with one attached hydrogen (secondary N) is 1. The number of allylic oxidation sites excluding steroid dienone is 1. The van der Waals surface area contributed by atoms with Gasteiger partial charge in [-0.3, -0.25) is 0 Å². The summed E-state index contributed by atoms with van der Waals surface area (Å²) in [5.41, 5.74) is 2.45. The molecule has 0 atom stereocenters. The van der Waals surface area contributed by atoms with Gasteiger partial charge in [0.2, 0.25) is 0 Å². The van der Waals surface area contributed by atoms with Crippen molar-refractivity contribution in [2.24, 2.45) is 0 Å². The first-order valence-corrected chi connectivity index (χ1v) is 8.68. The van der Waals surface area contributed by atoms with Gasteiger partial charge in [0, 0.05) is 21.6 Å². The van der Waals surface area contributed by atoms with Crippen LogP contribution in [-0.2, 0) is 0 Å². The highest BCUT2D eigenvalue weighted by atomic mass is 79.9. The summed E-state index contributed by atoms with van der Waals surface area (Å²) in [6, 6.07) is 16.5. The number of hydrogen-bond donors (Lipinski definition) is 1. The molecule has 0 unspecified atom stereocenters. The number of rotatable bonds is 4. The highest BCUT2D eigenvalue weighted by Gasteiger charge is 2.09. The topological polar surface area (TPSA) is 48.7 Å². The molecule has 3 nitrogen and oxygen atoms in total. The highest BCUT2D eigenvalue weighted by molar-refractivity contribution is 9.10. The van der Waals surface area contributed by atoms with E-state index in [1.165, 1.54) is 23.6 Å². The Balaban J connectivity index is 1.84. The lowest BCUT2D eigenvalue weighted by atomic mass is 10.2. The van der Waals surface area contributed by atoms with E-state index in [0.717, 1.165) is 11.3 Å². The van der Waals surface area contributed by atoms with Crippen molar-refractivity contribution in [3.05, 3.63) is 75.4 Å². The standard InChI is InChI=1S/C18H11BrFN3S/c19-14-6-7-16(15(20)8-14)22-10-13(9-21)18-23-17(11-24-18)12-4-2-1-3-5-12/h1-8,10-11,22H/b13-10+. The van der Waals surface area contributed by atoms with Gasteiger partial charge in [0.15, 0.2) is 0 Å².